The Morgan fingerprint density at radius 1 is 0.640 bits per heavy atom. The molecule has 0 aromatic heterocycles. The van der Waals surface area contributed by atoms with E-state index in [4.69, 9.17) is 0 Å². The molecular weight excluding hydrogens is 304 g/mol. The Balaban J connectivity index is 0.000000186. The van der Waals surface area contributed by atoms with Crippen LogP contribution in [0, 0.1) is 0 Å². The summed E-state index contributed by atoms with van der Waals surface area (Å²) in [4.78, 5) is 0. The van der Waals surface area contributed by atoms with Crippen LogP contribution in [-0.4, -0.2) is 5.11 Å². The van der Waals surface area contributed by atoms with E-state index in [1.165, 1.54) is 31.2 Å². The third-order valence-corrected chi connectivity index (χ3v) is 4.14. The molecule has 0 spiro atoms. The van der Waals surface area contributed by atoms with E-state index < -0.39 is 6.10 Å². The number of hydrogen-bond donors (Lipinski definition) is 1. The summed E-state index contributed by atoms with van der Waals surface area (Å²) in [6.07, 6.45) is 4.73. The van der Waals surface area contributed by atoms with Gasteiger partial charge in [0.1, 0.15) is 6.10 Å². The largest absolute Gasteiger partial charge is 0.384 e. The van der Waals surface area contributed by atoms with Gasteiger partial charge in [0.2, 0.25) is 0 Å². The van der Waals surface area contributed by atoms with E-state index >= 15 is 0 Å². The third-order valence-electron chi connectivity index (χ3n) is 4.14. The zero-order valence-corrected chi connectivity index (χ0v) is 15.0. The van der Waals surface area contributed by atoms with Gasteiger partial charge in [-0.05, 0) is 29.5 Å². The fourth-order valence-corrected chi connectivity index (χ4v) is 2.69. The second-order valence-electron chi connectivity index (χ2n) is 6.17. The highest BCUT2D eigenvalue weighted by Gasteiger charge is 2.07. The fourth-order valence-electron chi connectivity index (χ4n) is 2.69. The molecule has 0 heterocycles. The van der Waals surface area contributed by atoms with Crippen molar-refractivity contribution in [3.8, 4) is 0 Å². The first-order valence-corrected chi connectivity index (χ1v) is 9.13. The predicted octanol–water partition coefficient (Wildman–Crippen LogP) is 6.19. The van der Waals surface area contributed by atoms with Crippen LogP contribution in [0.5, 0.6) is 0 Å². The second-order valence-corrected chi connectivity index (χ2v) is 6.17. The Morgan fingerprint density at radius 3 is 1.52 bits per heavy atom. The molecule has 0 saturated heterocycles. The number of aliphatic hydroxyl groups is 1. The number of rotatable bonds is 6. The molecule has 25 heavy (non-hydrogen) atoms. The lowest BCUT2D eigenvalue weighted by molar-refractivity contribution is 0.220. The molecule has 3 aromatic rings. The zero-order chi connectivity index (χ0) is 17.7. The van der Waals surface area contributed by atoms with Crippen LogP contribution in [0.3, 0.4) is 0 Å². The Hall–Kier alpha value is -2.38. The average molecular weight is 332 g/mol. The number of hydrogen-bond acceptors (Lipinski definition) is 1. The molecule has 1 N–H and O–H groups in total. The van der Waals surface area contributed by atoms with Crippen molar-refractivity contribution < 1.29 is 5.11 Å². The molecule has 0 aliphatic carbocycles. The molecule has 0 aliphatic heterocycles. The van der Waals surface area contributed by atoms with Crippen molar-refractivity contribution in [1.29, 1.82) is 0 Å². The average Bonchev–Trinajstić information content (AvgIpc) is 2.70. The van der Waals surface area contributed by atoms with Crippen LogP contribution >= 0.6 is 0 Å². The lowest BCUT2D eigenvalue weighted by Crippen LogP contribution is -1.98. The smallest absolute Gasteiger partial charge is 0.104 e. The molecule has 130 valence electrons. The normalized spacial score (nSPS) is 10.2. The number of benzene rings is 3. The number of aryl methyl sites for hydroxylation is 1. The molecular formula is C24H28O. The van der Waals surface area contributed by atoms with Crippen LogP contribution in [0.4, 0.5) is 0 Å². The summed E-state index contributed by atoms with van der Waals surface area (Å²) in [5, 5.41) is 9.99. The van der Waals surface area contributed by atoms with Gasteiger partial charge in [0.25, 0.3) is 0 Å². The SMILES string of the molecule is CCCCCc1ccccc1.OC(c1ccccc1)c1ccccc1. The van der Waals surface area contributed by atoms with Gasteiger partial charge in [0.05, 0.1) is 0 Å². The van der Waals surface area contributed by atoms with Crippen LogP contribution < -0.4 is 0 Å². The van der Waals surface area contributed by atoms with E-state index in [0.29, 0.717) is 0 Å². The quantitative estimate of drug-likeness (QED) is 0.534. The van der Waals surface area contributed by atoms with Crippen molar-refractivity contribution in [3.05, 3.63) is 108 Å². The minimum Gasteiger partial charge on any atom is -0.384 e. The summed E-state index contributed by atoms with van der Waals surface area (Å²) in [6, 6.07) is 30.0. The molecule has 0 aliphatic rings. The minimum absolute atomic E-state index is 0.516. The van der Waals surface area contributed by atoms with Crippen LogP contribution in [0.25, 0.3) is 0 Å². The van der Waals surface area contributed by atoms with Crippen molar-refractivity contribution >= 4 is 0 Å². The van der Waals surface area contributed by atoms with E-state index in [2.05, 4.69) is 37.3 Å². The number of aliphatic hydroxyl groups excluding tert-OH is 1. The zero-order valence-electron chi connectivity index (χ0n) is 15.0. The maximum Gasteiger partial charge on any atom is 0.104 e. The summed E-state index contributed by atoms with van der Waals surface area (Å²) in [6.45, 7) is 2.24. The van der Waals surface area contributed by atoms with E-state index in [-0.39, 0.29) is 0 Å². The van der Waals surface area contributed by atoms with Crippen LogP contribution in [-0.2, 0) is 6.42 Å². The molecule has 0 amide bonds. The molecule has 0 saturated carbocycles. The van der Waals surface area contributed by atoms with Crippen LogP contribution in [0.15, 0.2) is 91.0 Å². The first kappa shape index (κ1) is 19.0. The molecule has 0 radical (unpaired) electrons. The number of unbranched alkanes of at least 4 members (excludes halogenated alkanes) is 2. The highest BCUT2D eigenvalue weighted by Crippen LogP contribution is 2.20. The highest BCUT2D eigenvalue weighted by molar-refractivity contribution is 5.29. The second kappa shape index (κ2) is 11.2. The van der Waals surface area contributed by atoms with Crippen molar-refractivity contribution in [2.24, 2.45) is 0 Å². The molecule has 3 rings (SSSR count). The molecule has 3 aromatic carbocycles. The molecule has 1 heteroatoms. The lowest BCUT2D eigenvalue weighted by Gasteiger charge is -2.10. The van der Waals surface area contributed by atoms with Gasteiger partial charge in [0, 0.05) is 0 Å². The van der Waals surface area contributed by atoms with Gasteiger partial charge in [0.15, 0.2) is 0 Å². The van der Waals surface area contributed by atoms with Gasteiger partial charge >= 0.3 is 0 Å². The maximum atomic E-state index is 9.99. The monoisotopic (exact) mass is 332 g/mol. The van der Waals surface area contributed by atoms with Crippen molar-refractivity contribution in [1.82, 2.24) is 0 Å². The fraction of sp³-hybridized carbons (Fsp3) is 0.250. The summed E-state index contributed by atoms with van der Waals surface area (Å²) in [7, 11) is 0. The summed E-state index contributed by atoms with van der Waals surface area (Å²) >= 11 is 0. The highest BCUT2D eigenvalue weighted by atomic mass is 16.3. The van der Waals surface area contributed by atoms with E-state index in [1.54, 1.807) is 0 Å². The van der Waals surface area contributed by atoms with E-state index in [0.717, 1.165) is 11.1 Å². The van der Waals surface area contributed by atoms with Crippen LogP contribution in [0.1, 0.15) is 49.0 Å². The first-order chi connectivity index (χ1) is 12.3. The molecule has 0 atom stereocenters. The van der Waals surface area contributed by atoms with Gasteiger partial charge in [-0.15, -0.1) is 0 Å². The third kappa shape index (κ3) is 6.94. The summed E-state index contributed by atoms with van der Waals surface area (Å²) in [5.74, 6) is 0. The van der Waals surface area contributed by atoms with Gasteiger partial charge in [-0.25, -0.2) is 0 Å². The molecule has 0 unspecified atom stereocenters. The van der Waals surface area contributed by atoms with Crippen LogP contribution in [0.2, 0.25) is 0 Å². The molecule has 0 fully saturated rings. The maximum absolute atomic E-state index is 9.99. The van der Waals surface area contributed by atoms with E-state index in [9.17, 15) is 5.11 Å². The topological polar surface area (TPSA) is 20.2 Å². The first-order valence-electron chi connectivity index (χ1n) is 9.13. The van der Waals surface area contributed by atoms with Gasteiger partial charge in [-0.1, -0.05) is 111 Å². The van der Waals surface area contributed by atoms with E-state index in [1.807, 2.05) is 60.7 Å². The molecule has 1 nitrogen and oxygen atoms in total. The summed E-state index contributed by atoms with van der Waals surface area (Å²) < 4.78 is 0. The van der Waals surface area contributed by atoms with Crippen molar-refractivity contribution in [2.45, 2.75) is 38.7 Å². The summed E-state index contributed by atoms with van der Waals surface area (Å²) in [5.41, 5.74) is 3.33. The predicted molar refractivity (Wildman–Crippen MR) is 107 cm³/mol. The molecule has 0 bridgehead atoms. The Labute approximate surface area is 152 Å². The Kier molecular flexibility index (Phi) is 8.51. The van der Waals surface area contributed by atoms with Crippen molar-refractivity contribution in [2.75, 3.05) is 0 Å². The minimum atomic E-state index is -0.516. The lowest BCUT2D eigenvalue weighted by atomic mass is 10.0. The Morgan fingerprint density at radius 2 is 1.08 bits per heavy atom. The van der Waals surface area contributed by atoms with Gasteiger partial charge in [-0.2, -0.15) is 0 Å². The standard InChI is InChI=1S/C13H12O.C11H16/c14-13(11-7-3-1-4-8-11)12-9-5-2-6-10-12;1-2-3-5-8-11-9-6-4-7-10-11/h1-10,13-14H;4,6-7,9-10H,2-3,5,8H2,1H3. The van der Waals surface area contributed by atoms with Gasteiger partial charge in [-0.3, -0.25) is 0 Å². The Bertz CT molecular complexity index is 638. The van der Waals surface area contributed by atoms with Gasteiger partial charge < -0.3 is 5.11 Å². The van der Waals surface area contributed by atoms with Crippen molar-refractivity contribution in [3.63, 3.8) is 0 Å².